The van der Waals surface area contributed by atoms with Crippen LogP contribution in [0.5, 0.6) is 0 Å². The number of hydrogen-bond donors (Lipinski definition) is 0. The lowest BCUT2D eigenvalue weighted by atomic mass is 9.90. The van der Waals surface area contributed by atoms with Gasteiger partial charge in [-0.1, -0.05) is 6.07 Å². The molecular formula is C17H26N2O3S2. The first-order valence-corrected chi connectivity index (χ1v) is 11.4. The standard InChI is InChI=1S/C17H26N2O3S2/c1-24(21,22)19-10-6-15(7-11-19)17(20)18-8-4-14(5-9-18)13-16-3-2-12-23-16/h2-3,12,14-15H,4-11,13H2,1H3. The van der Waals surface area contributed by atoms with Crippen LogP contribution >= 0.6 is 11.3 Å². The maximum atomic E-state index is 12.7. The van der Waals surface area contributed by atoms with Gasteiger partial charge in [0.15, 0.2) is 0 Å². The Bertz CT molecular complexity index is 641. The van der Waals surface area contributed by atoms with Crippen LogP contribution < -0.4 is 0 Å². The molecule has 3 heterocycles. The third-order valence-corrected chi connectivity index (χ3v) is 7.47. The molecule has 1 aromatic heterocycles. The monoisotopic (exact) mass is 370 g/mol. The molecule has 5 nitrogen and oxygen atoms in total. The summed E-state index contributed by atoms with van der Waals surface area (Å²) in [6.07, 6.45) is 5.83. The SMILES string of the molecule is CS(=O)(=O)N1CCC(C(=O)N2CCC(Cc3cccs3)CC2)CC1. The second kappa shape index (κ2) is 7.54. The van der Waals surface area contributed by atoms with Gasteiger partial charge in [-0.05, 0) is 49.5 Å². The first-order valence-electron chi connectivity index (χ1n) is 8.70. The fraction of sp³-hybridized carbons (Fsp3) is 0.706. The molecule has 0 spiro atoms. The molecular weight excluding hydrogens is 344 g/mol. The molecule has 0 atom stereocenters. The number of nitrogens with zero attached hydrogens (tertiary/aromatic N) is 2. The van der Waals surface area contributed by atoms with Gasteiger partial charge in [-0.2, -0.15) is 0 Å². The van der Waals surface area contributed by atoms with Crippen molar-refractivity contribution in [2.24, 2.45) is 11.8 Å². The van der Waals surface area contributed by atoms with E-state index in [2.05, 4.69) is 17.5 Å². The van der Waals surface area contributed by atoms with Crippen LogP contribution in [-0.4, -0.2) is 56.0 Å². The Labute approximate surface area is 148 Å². The number of amides is 1. The molecule has 0 unspecified atom stereocenters. The molecule has 3 rings (SSSR count). The van der Waals surface area contributed by atoms with Gasteiger partial charge in [0.1, 0.15) is 0 Å². The quantitative estimate of drug-likeness (QED) is 0.816. The van der Waals surface area contributed by atoms with Gasteiger partial charge in [-0.15, -0.1) is 11.3 Å². The van der Waals surface area contributed by atoms with Crippen molar-refractivity contribution in [3.05, 3.63) is 22.4 Å². The van der Waals surface area contributed by atoms with E-state index in [0.29, 0.717) is 31.8 Å². The summed E-state index contributed by atoms with van der Waals surface area (Å²) in [5.41, 5.74) is 0. The van der Waals surface area contributed by atoms with E-state index >= 15 is 0 Å². The van der Waals surface area contributed by atoms with Gasteiger partial charge in [0.25, 0.3) is 0 Å². The zero-order chi connectivity index (χ0) is 17.2. The minimum atomic E-state index is -3.12. The molecule has 0 saturated carbocycles. The van der Waals surface area contributed by atoms with Crippen molar-refractivity contribution in [3.63, 3.8) is 0 Å². The summed E-state index contributed by atoms with van der Waals surface area (Å²) in [6, 6.07) is 4.29. The second-order valence-corrected chi connectivity index (χ2v) is 10.0. The van der Waals surface area contributed by atoms with Crippen molar-refractivity contribution in [2.75, 3.05) is 32.4 Å². The van der Waals surface area contributed by atoms with E-state index in [4.69, 9.17) is 0 Å². The maximum absolute atomic E-state index is 12.7. The summed E-state index contributed by atoms with van der Waals surface area (Å²) in [5.74, 6) is 0.911. The second-order valence-electron chi connectivity index (χ2n) is 6.99. The Morgan fingerprint density at radius 3 is 2.38 bits per heavy atom. The Kier molecular flexibility index (Phi) is 5.62. The molecule has 7 heteroatoms. The van der Waals surface area contributed by atoms with Gasteiger partial charge in [-0.3, -0.25) is 4.79 Å². The fourth-order valence-corrected chi connectivity index (χ4v) is 5.46. The van der Waals surface area contributed by atoms with Crippen LogP contribution in [-0.2, 0) is 21.2 Å². The van der Waals surface area contributed by atoms with Gasteiger partial charge >= 0.3 is 0 Å². The average Bonchev–Trinajstić information content (AvgIpc) is 3.07. The van der Waals surface area contributed by atoms with Gasteiger partial charge in [0.2, 0.25) is 15.9 Å². The lowest BCUT2D eigenvalue weighted by molar-refractivity contribution is -0.138. The highest BCUT2D eigenvalue weighted by atomic mass is 32.2. The van der Waals surface area contributed by atoms with Crippen molar-refractivity contribution < 1.29 is 13.2 Å². The molecule has 2 saturated heterocycles. The summed E-state index contributed by atoms with van der Waals surface area (Å²) >= 11 is 1.81. The molecule has 2 aliphatic heterocycles. The number of carbonyl (C=O) groups excluding carboxylic acids is 1. The number of likely N-dealkylation sites (tertiary alicyclic amines) is 1. The largest absolute Gasteiger partial charge is 0.342 e. The first-order chi connectivity index (χ1) is 11.4. The van der Waals surface area contributed by atoms with E-state index in [1.165, 1.54) is 15.4 Å². The van der Waals surface area contributed by atoms with E-state index in [0.717, 1.165) is 32.4 Å². The third kappa shape index (κ3) is 4.37. The van der Waals surface area contributed by atoms with Crippen molar-refractivity contribution in [1.82, 2.24) is 9.21 Å². The van der Waals surface area contributed by atoms with E-state index in [9.17, 15) is 13.2 Å². The number of thiophene rings is 1. The third-order valence-electron chi connectivity index (χ3n) is 5.27. The van der Waals surface area contributed by atoms with Crippen molar-refractivity contribution >= 4 is 27.3 Å². The Hall–Kier alpha value is -0.920. The summed E-state index contributed by atoms with van der Waals surface area (Å²) in [7, 11) is -3.12. The van der Waals surface area contributed by atoms with Crippen molar-refractivity contribution in [3.8, 4) is 0 Å². The van der Waals surface area contributed by atoms with Crippen molar-refractivity contribution in [2.45, 2.75) is 32.1 Å². The topological polar surface area (TPSA) is 57.7 Å². The van der Waals surface area contributed by atoms with E-state index in [1.807, 2.05) is 16.2 Å². The predicted molar refractivity (Wildman–Crippen MR) is 96.5 cm³/mol. The fourth-order valence-electron chi connectivity index (χ4n) is 3.76. The number of hydrogen-bond acceptors (Lipinski definition) is 4. The summed E-state index contributed by atoms with van der Waals surface area (Å²) in [6.45, 7) is 2.65. The normalized spacial score (nSPS) is 22.0. The minimum absolute atomic E-state index is 0.00292. The van der Waals surface area contributed by atoms with Crippen LogP contribution in [0.4, 0.5) is 0 Å². The van der Waals surface area contributed by atoms with E-state index < -0.39 is 10.0 Å². The molecule has 0 aliphatic carbocycles. The Morgan fingerprint density at radius 1 is 1.17 bits per heavy atom. The lowest BCUT2D eigenvalue weighted by Gasteiger charge is -2.36. The van der Waals surface area contributed by atoms with E-state index in [-0.39, 0.29) is 11.8 Å². The summed E-state index contributed by atoms with van der Waals surface area (Å²) in [4.78, 5) is 16.1. The zero-order valence-electron chi connectivity index (χ0n) is 14.2. The zero-order valence-corrected chi connectivity index (χ0v) is 15.8. The predicted octanol–water partition coefficient (Wildman–Crippen LogP) is 2.20. The van der Waals surface area contributed by atoms with E-state index in [1.54, 1.807) is 0 Å². The van der Waals surface area contributed by atoms with Crippen LogP contribution in [0.15, 0.2) is 17.5 Å². The highest BCUT2D eigenvalue weighted by Gasteiger charge is 2.32. The number of piperidine rings is 2. The number of rotatable bonds is 4. The molecule has 0 radical (unpaired) electrons. The lowest BCUT2D eigenvalue weighted by Crippen LogP contribution is -2.46. The summed E-state index contributed by atoms with van der Waals surface area (Å²) < 4.78 is 24.6. The number of carbonyl (C=O) groups is 1. The molecule has 0 bridgehead atoms. The molecule has 0 N–H and O–H groups in total. The Balaban J connectivity index is 1.46. The maximum Gasteiger partial charge on any atom is 0.225 e. The van der Waals surface area contributed by atoms with Gasteiger partial charge in [-0.25, -0.2) is 12.7 Å². The van der Waals surface area contributed by atoms with Gasteiger partial charge < -0.3 is 4.90 Å². The molecule has 2 aliphatic rings. The number of sulfonamides is 1. The molecule has 0 aromatic carbocycles. The first kappa shape index (κ1) is 17.9. The van der Waals surface area contributed by atoms with Crippen molar-refractivity contribution in [1.29, 1.82) is 0 Å². The van der Waals surface area contributed by atoms with Crippen LogP contribution in [0.2, 0.25) is 0 Å². The molecule has 2 fully saturated rings. The highest BCUT2D eigenvalue weighted by molar-refractivity contribution is 7.88. The Morgan fingerprint density at radius 2 is 1.83 bits per heavy atom. The van der Waals surface area contributed by atoms with Crippen LogP contribution in [0.3, 0.4) is 0 Å². The molecule has 1 amide bonds. The van der Waals surface area contributed by atoms with Gasteiger partial charge in [0, 0.05) is 37.0 Å². The molecule has 24 heavy (non-hydrogen) atoms. The van der Waals surface area contributed by atoms with Crippen LogP contribution in [0.1, 0.15) is 30.6 Å². The smallest absolute Gasteiger partial charge is 0.225 e. The highest BCUT2D eigenvalue weighted by Crippen LogP contribution is 2.27. The molecule has 1 aromatic rings. The average molecular weight is 371 g/mol. The van der Waals surface area contributed by atoms with Crippen LogP contribution in [0.25, 0.3) is 0 Å². The minimum Gasteiger partial charge on any atom is -0.342 e. The van der Waals surface area contributed by atoms with Gasteiger partial charge in [0.05, 0.1) is 6.26 Å². The summed E-state index contributed by atoms with van der Waals surface area (Å²) in [5, 5.41) is 2.12. The van der Waals surface area contributed by atoms with Crippen LogP contribution in [0, 0.1) is 11.8 Å². The molecule has 134 valence electrons.